The Hall–Kier alpha value is -3.44. The number of hydrogen-bond acceptors (Lipinski definition) is 5. The van der Waals surface area contributed by atoms with E-state index >= 15 is 0 Å². The first kappa shape index (κ1) is 21.1. The highest BCUT2D eigenvalue weighted by molar-refractivity contribution is 5.90. The summed E-state index contributed by atoms with van der Waals surface area (Å²) in [5, 5.41) is 0. The lowest BCUT2D eigenvalue weighted by Gasteiger charge is -2.29. The molecule has 1 saturated carbocycles. The number of ether oxygens (including phenoxy) is 3. The van der Waals surface area contributed by atoms with Gasteiger partial charge < -0.3 is 14.2 Å². The third-order valence-electron chi connectivity index (χ3n) is 7.55. The van der Waals surface area contributed by atoms with Gasteiger partial charge in [-0.15, -0.1) is 0 Å². The largest absolute Gasteiger partial charge is 0.454 e. The van der Waals surface area contributed by atoms with Crippen molar-refractivity contribution in [3.05, 3.63) is 108 Å². The summed E-state index contributed by atoms with van der Waals surface area (Å²) < 4.78 is 18.7. The van der Waals surface area contributed by atoms with Gasteiger partial charge >= 0.3 is 11.9 Å². The van der Waals surface area contributed by atoms with E-state index in [4.69, 9.17) is 14.2 Å². The molecule has 0 amide bonds. The Morgan fingerprint density at radius 1 is 0.618 bits per heavy atom. The van der Waals surface area contributed by atoms with Gasteiger partial charge in [-0.25, -0.2) is 9.59 Å². The first-order valence-corrected chi connectivity index (χ1v) is 11.9. The van der Waals surface area contributed by atoms with Gasteiger partial charge in [0.1, 0.15) is 12.2 Å². The molecule has 0 N–H and O–H groups in total. The summed E-state index contributed by atoms with van der Waals surface area (Å²) in [5.74, 6) is -0.793. The van der Waals surface area contributed by atoms with Crippen molar-refractivity contribution in [2.45, 2.75) is 43.2 Å². The standard InChI is InChI=1S/C29H26O5/c30-28(19-12-6-2-7-13-19)33-26-23(18-10-4-1-5-11-18)24-21-16-17-22(32-21)25(24)27(26)34-29(31)20-14-8-3-9-15-20/h1-15,21-27H,16-17H2. The Kier molecular flexibility index (Phi) is 5.42. The van der Waals surface area contributed by atoms with E-state index in [9.17, 15) is 9.59 Å². The second-order valence-electron chi connectivity index (χ2n) is 9.35. The summed E-state index contributed by atoms with van der Waals surface area (Å²) in [5.41, 5.74) is 2.05. The van der Waals surface area contributed by atoms with Crippen LogP contribution in [0.3, 0.4) is 0 Å². The van der Waals surface area contributed by atoms with Gasteiger partial charge in [-0.2, -0.15) is 0 Å². The molecule has 3 aromatic carbocycles. The molecule has 2 heterocycles. The van der Waals surface area contributed by atoms with Gasteiger partial charge in [-0.3, -0.25) is 0 Å². The minimum absolute atomic E-state index is 0.00908. The molecule has 5 nitrogen and oxygen atoms in total. The summed E-state index contributed by atoms with van der Waals surface area (Å²) in [6, 6.07) is 28.1. The molecule has 3 aromatic rings. The fourth-order valence-corrected chi connectivity index (χ4v) is 6.20. The summed E-state index contributed by atoms with van der Waals surface area (Å²) in [4.78, 5) is 26.3. The molecule has 0 aromatic heterocycles. The first-order valence-electron chi connectivity index (χ1n) is 11.9. The van der Waals surface area contributed by atoms with E-state index in [2.05, 4.69) is 12.1 Å². The van der Waals surface area contributed by atoms with Crippen LogP contribution >= 0.6 is 0 Å². The van der Waals surface area contributed by atoms with Crippen molar-refractivity contribution in [1.29, 1.82) is 0 Å². The first-order chi connectivity index (χ1) is 16.7. The lowest BCUT2D eigenvalue weighted by Crippen LogP contribution is -2.39. The van der Waals surface area contributed by atoms with Gasteiger partial charge in [0.2, 0.25) is 0 Å². The fraction of sp³-hybridized carbons (Fsp3) is 0.310. The zero-order chi connectivity index (χ0) is 23.1. The lowest BCUT2D eigenvalue weighted by atomic mass is 9.75. The quantitative estimate of drug-likeness (QED) is 0.506. The van der Waals surface area contributed by atoms with Crippen molar-refractivity contribution in [2.75, 3.05) is 0 Å². The summed E-state index contributed by atoms with van der Waals surface area (Å²) in [7, 11) is 0. The summed E-state index contributed by atoms with van der Waals surface area (Å²) >= 11 is 0. The predicted octanol–water partition coefficient (Wildman–Crippen LogP) is 5.03. The number of carbonyl (C=O) groups excluding carboxylic acids is 2. The van der Waals surface area contributed by atoms with Gasteiger partial charge in [0.05, 0.1) is 23.3 Å². The van der Waals surface area contributed by atoms with Crippen LogP contribution in [0, 0.1) is 11.8 Å². The van der Waals surface area contributed by atoms with Crippen molar-refractivity contribution in [2.24, 2.45) is 11.8 Å². The van der Waals surface area contributed by atoms with Gasteiger partial charge in [-0.1, -0.05) is 66.7 Å². The minimum Gasteiger partial charge on any atom is -0.454 e. The number of fused-ring (bicyclic) bond motifs is 5. The van der Waals surface area contributed by atoms with Crippen molar-refractivity contribution < 1.29 is 23.8 Å². The van der Waals surface area contributed by atoms with E-state index in [0.717, 1.165) is 18.4 Å². The Bertz CT molecular complexity index is 1160. The van der Waals surface area contributed by atoms with Gasteiger partial charge in [-0.05, 0) is 42.7 Å². The van der Waals surface area contributed by atoms with Crippen LogP contribution in [-0.4, -0.2) is 36.4 Å². The van der Waals surface area contributed by atoms with Gasteiger partial charge in [0.25, 0.3) is 0 Å². The SMILES string of the molecule is O=C(OC1C(OC(=O)c2ccccc2)C2C3CCC(O3)C2C1c1ccccc1)c1ccccc1. The number of benzene rings is 3. The van der Waals surface area contributed by atoms with Crippen LogP contribution in [0.2, 0.25) is 0 Å². The van der Waals surface area contributed by atoms with Crippen molar-refractivity contribution in [3.63, 3.8) is 0 Å². The smallest absolute Gasteiger partial charge is 0.338 e. The monoisotopic (exact) mass is 454 g/mol. The highest BCUT2D eigenvalue weighted by Crippen LogP contribution is 2.59. The molecule has 172 valence electrons. The topological polar surface area (TPSA) is 61.8 Å². The predicted molar refractivity (Wildman–Crippen MR) is 125 cm³/mol. The number of rotatable bonds is 5. The number of esters is 2. The molecule has 7 unspecified atom stereocenters. The molecule has 5 heteroatoms. The average molecular weight is 455 g/mol. The Balaban J connectivity index is 1.39. The van der Waals surface area contributed by atoms with Crippen LogP contribution < -0.4 is 0 Å². The van der Waals surface area contributed by atoms with Crippen LogP contribution in [0.1, 0.15) is 45.0 Å². The Labute approximate surface area is 198 Å². The molecule has 2 bridgehead atoms. The second kappa shape index (κ2) is 8.73. The molecule has 0 spiro atoms. The molecular weight excluding hydrogens is 428 g/mol. The zero-order valence-electron chi connectivity index (χ0n) is 18.7. The lowest BCUT2D eigenvalue weighted by molar-refractivity contribution is -0.0545. The highest BCUT2D eigenvalue weighted by atomic mass is 16.6. The van der Waals surface area contributed by atoms with Crippen LogP contribution in [-0.2, 0) is 14.2 Å². The Morgan fingerprint density at radius 3 is 1.65 bits per heavy atom. The third kappa shape index (κ3) is 3.61. The minimum atomic E-state index is -0.593. The molecule has 2 aliphatic heterocycles. The molecule has 2 saturated heterocycles. The van der Waals surface area contributed by atoms with Crippen molar-refractivity contribution in [3.8, 4) is 0 Å². The van der Waals surface area contributed by atoms with E-state index < -0.39 is 24.1 Å². The second-order valence-corrected chi connectivity index (χ2v) is 9.35. The number of hydrogen-bond donors (Lipinski definition) is 0. The van der Waals surface area contributed by atoms with Crippen molar-refractivity contribution >= 4 is 11.9 Å². The molecule has 3 aliphatic rings. The van der Waals surface area contributed by atoms with E-state index in [1.807, 2.05) is 54.6 Å². The van der Waals surface area contributed by atoms with Crippen molar-refractivity contribution in [1.82, 2.24) is 0 Å². The van der Waals surface area contributed by atoms with Gasteiger partial charge in [0.15, 0.2) is 0 Å². The maximum Gasteiger partial charge on any atom is 0.338 e. The maximum atomic E-state index is 13.2. The molecule has 7 atom stereocenters. The summed E-state index contributed by atoms with van der Waals surface area (Å²) in [6.45, 7) is 0. The van der Waals surface area contributed by atoms with E-state index in [1.54, 1.807) is 24.3 Å². The van der Waals surface area contributed by atoms with Gasteiger partial charge in [0, 0.05) is 17.8 Å². The number of carbonyl (C=O) groups is 2. The normalized spacial score (nSPS) is 31.1. The summed E-state index contributed by atoms with van der Waals surface area (Å²) in [6.07, 6.45) is 0.837. The van der Waals surface area contributed by atoms with E-state index in [-0.39, 0.29) is 30.0 Å². The maximum absolute atomic E-state index is 13.2. The molecule has 3 fully saturated rings. The van der Waals surface area contributed by atoms with Crippen LogP contribution in [0.5, 0.6) is 0 Å². The highest BCUT2D eigenvalue weighted by Gasteiger charge is 2.65. The average Bonchev–Trinajstić information content (AvgIpc) is 3.59. The van der Waals surface area contributed by atoms with Crippen LogP contribution in [0.15, 0.2) is 91.0 Å². The molecule has 34 heavy (non-hydrogen) atoms. The third-order valence-corrected chi connectivity index (χ3v) is 7.55. The fourth-order valence-electron chi connectivity index (χ4n) is 6.20. The van der Waals surface area contributed by atoms with Crippen LogP contribution in [0.4, 0.5) is 0 Å². The molecule has 0 radical (unpaired) electrons. The van der Waals surface area contributed by atoms with E-state index in [0.29, 0.717) is 11.1 Å². The molecule has 1 aliphatic carbocycles. The molecular formula is C29H26O5. The van der Waals surface area contributed by atoms with E-state index in [1.165, 1.54) is 0 Å². The Morgan fingerprint density at radius 2 is 1.09 bits per heavy atom. The molecule has 6 rings (SSSR count). The zero-order valence-corrected chi connectivity index (χ0v) is 18.7. The van der Waals surface area contributed by atoms with Crippen LogP contribution in [0.25, 0.3) is 0 Å².